The van der Waals surface area contributed by atoms with E-state index in [1.165, 1.54) is 5.69 Å². The minimum absolute atomic E-state index is 0.0966. The van der Waals surface area contributed by atoms with Gasteiger partial charge in [0.1, 0.15) is 5.82 Å². The number of anilines is 1. The van der Waals surface area contributed by atoms with E-state index in [2.05, 4.69) is 46.3 Å². The third-order valence-corrected chi connectivity index (χ3v) is 6.29. The van der Waals surface area contributed by atoms with Crippen molar-refractivity contribution in [2.75, 3.05) is 11.9 Å². The zero-order valence-corrected chi connectivity index (χ0v) is 18.6. The monoisotopic (exact) mass is 405 g/mol. The molecule has 1 heterocycles. The molecule has 1 saturated carbocycles. The molecule has 0 unspecified atom stereocenters. The van der Waals surface area contributed by atoms with Crippen LogP contribution in [0.5, 0.6) is 0 Å². The van der Waals surface area contributed by atoms with Crippen LogP contribution in [0.2, 0.25) is 0 Å². The molecule has 1 aliphatic carbocycles. The molecule has 3 rings (SSSR count). The Kier molecular flexibility index (Phi) is 6.71. The third-order valence-electron chi connectivity index (χ3n) is 6.29. The molecule has 1 aromatic carbocycles. The molecule has 0 aliphatic heterocycles. The lowest BCUT2D eigenvalue weighted by Crippen LogP contribution is -2.43. The fourth-order valence-electron chi connectivity index (χ4n) is 4.14. The molecule has 1 N–H and O–H groups in total. The van der Waals surface area contributed by atoms with E-state index in [-0.39, 0.29) is 17.9 Å². The Morgan fingerprint density at radius 2 is 1.77 bits per heavy atom. The normalized spacial score (nSPS) is 18.7. The van der Waals surface area contributed by atoms with Crippen LogP contribution >= 0.6 is 0 Å². The molecule has 1 aliphatic rings. The Labute approximate surface area is 179 Å². The first-order chi connectivity index (χ1) is 14.3. The summed E-state index contributed by atoms with van der Waals surface area (Å²) in [6, 6.07) is 6.83. The van der Waals surface area contributed by atoms with Crippen molar-refractivity contribution in [1.82, 2.24) is 15.3 Å². The quantitative estimate of drug-likeness (QED) is 0.803. The van der Waals surface area contributed by atoms with Gasteiger partial charge in [0.2, 0.25) is 0 Å². The summed E-state index contributed by atoms with van der Waals surface area (Å²) in [7, 11) is 2.13. The highest BCUT2D eigenvalue weighted by molar-refractivity contribution is 5.93. The number of nitriles is 1. The van der Waals surface area contributed by atoms with E-state index in [0.29, 0.717) is 11.6 Å². The number of carbonyl (C=O) groups excluding carboxylic acids is 1. The van der Waals surface area contributed by atoms with E-state index < -0.39 is 0 Å². The van der Waals surface area contributed by atoms with Gasteiger partial charge in [-0.3, -0.25) is 4.79 Å². The third kappa shape index (κ3) is 4.62. The average molecular weight is 406 g/mol. The maximum atomic E-state index is 12.5. The molecule has 6 nitrogen and oxygen atoms in total. The number of hydrogen-bond donors (Lipinski definition) is 1. The van der Waals surface area contributed by atoms with Gasteiger partial charge in [0, 0.05) is 43.1 Å². The van der Waals surface area contributed by atoms with Crippen LogP contribution in [0.25, 0.3) is 0 Å². The summed E-state index contributed by atoms with van der Waals surface area (Å²) in [5.74, 6) is 0.905. The average Bonchev–Trinajstić information content (AvgIpc) is 2.75. The SMILES string of the molecule is Cc1c(C#N)ccc(N(C)C2CCC(NC(=O)c3cnc(C(C)C)nc3)CC2)c1C. The maximum absolute atomic E-state index is 12.5. The van der Waals surface area contributed by atoms with E-state index in [4.69, 9.17) is 0 Å². The van der Waals surface area contributed by atoms with E-state index in [0.717, 1.165) is 48.2 Å². The number of benzene rings is 1. The molecule has 1 fully saturated rings. The largest absolute Gasteiger partial charge is 0.371 e. The highest BCUT2D eigenvalue weighted by atomic mass is 16.1. The molecule has 0 saturated heterocycles. The lowest BCUT2D eigenvalue weighted by atomic mass is 9.89. The van der Waals surface area contributed by atoms with Crippen LogP contribution in [0, 0.1) is 25.2 Å². The van der Waals surface area contributed by atoms with Crippen molar-refractivity contribution in [2.24, 2.45) is 0 Å². The molecule has 0 spiro atoms. The summed E-state index contributed by atoms with van der Waals surface area (Å²) in [6.07, 6.45) is 7.16. The molecule has 1 amide bonds. The van der Waals surface area contributed by atoms with E-state index in [9.17, 15) is 10.1 Å². The summed E-state index contributed by atoms with van der Waals surface area (Å²) in [6.45, 7) is 8.16. The van der Waals surface area contributed by atoms with Gasteiger partial charge in [0.25, 0.3) is 5.91 Å². The topological polar surface area (TPSA) is 81.9 Å². The van der Waals surface area contributed by atoms with Crippen LogP contribution in [0.15, 0.2) is 24.5 Å². The number of carbonyl (C=O) groups is 1. The van der Waals surface area contributed by atoms with Gasteiger partial charge in [-0.15, -0.1) is 0 Å². The van der Waals surface area contributed by atoms with Gasteiger partial charge in [0.15, 0.2) is 0 Å². The Hall–Kier alpha value is -2.94. The lowest BCUT2D eigenvalue weighted by molar-refractivity contribution is 0.0925. The zero-order chi connectivity index (χ0) is 21.8. The second kappa shape index (κ2) is 9.25. The van der Waals surface area contributed by atoms with E-state index in [1.54, 1.807) is 12.4 Å². The highest BCUT2D eigenvalue weighted by Crippen LogP contribution is 2.31. The van der Waals surface area contributed by atoms with Crippen molar-refractivity contribution in [1.29, 1.82) is 5.26 Å². The van der Waals surface area contributed by atoms with Crippen molar-refractivity contribution in [3.05, 3.63) is 52.6 Å². The molecular formula is C24H31N5O. The second-order valence-corrected chi connectivity index (χ2v) is 8.57. The van der Waals surface area contributed by atoms with Gasteiger partial charge in [-0.05, 0) is 62.8 Å². The minimum Gasteiger partial charge on any atom is -0.371 e. The Balaban J connectivity index is 1.57. The molecule has 0 radical (unpaired) electrons. The number of nitrogens with zero attached hydrogens (tertiary/aromatic N) is 4. The maximum Gasteiger partial charge on any atom is 0.254 e. The molecule has 158 valence electrons. The smallest absolute Gasteiger partial charge is 0.254 e. The number of rotatable bonds is 5. The predicted octanol–water partition coefficient (Wildman–Crippen LogP) is 4.27. The summed E-state index contributed by atoms with van der Waals surface area (Å²) in [5.41, 5.74) is 4.65. The van der Waals surface area contributed by atoms with Gasteiger partial charge in [-0.1, -0.05) is 13.8 Å². The van der Waals surface area contributed by atoms with Crippen molar-refractivity contribution >= 4 is 11.6 Å². The van der Waals surface area contributed by atoms with Gasteiger partial charge in [-0.2, -0.15) is 5.26 Å². The Morgan fingerprint density at radius 3 is 2.33 bits per heavy atom. The number of hydrogen-bond acceptors (Lipinski definition) is 5. The first-order valence-corrected chi connectivity index (χ1v) is 10.7. The van der Waals surface area contributed by atoms with E-state index >= 15 is 0 Å². The van der Waals surface area contributed by atoms with Crippen LogP contribution in [-0.2, 0) is 0 Å². The van der Waals surface area contributed by atoms with Crippen LogP contribution < -0.4 is 10.2 Å². The lowest BCUT2D eigenvalue weighted by Gasteiger charge is -2.37. The summed E-state index contributed by atoms with van der Waals surface area (Å²) < 4.78 is 0. The molecule has 0 atom stereocenters. The van der Waals surface area contributed by atoms with Crippen molar-refractivity contribution in [3.8, 4) is 6.07 Å². The van der Waals surface area contributed by atoms with Crippen LogP contribution in [0.4, 0.5) is 5.69 Å². The van der Waals surface area contributed by atoms with Gasteiger partial charge >= 0.3 is 0 Å². The molecular weight excluding hydrogens is 374 g/mol. The Bertz CT molecular complexity index is 937. The fraction of sp³-hybridized carbons (Fsp3) is 0.500. The first-order valence-electron chi connectivity index (χ1n) is 10.7. The number of aromatic nitrogens is 2. The molecule has 6 heteroatoms. The van der Waals surface area contributed by atoms with Crippen LogP contribution in [0.3, 0.4) is 0 Å². The van der Waals surface area contributed by atoms with Gasteiger partial charge in [-0.25, -0.2) is 9.97 Å². The van der Waals surface area contributed by atoms with Crippen LogP contribution in [0.1, 0.15) is 78.3 Å². The number of nitrogens with one attached hydrogen (secondary N) is 1. The summed E-state index contributed by atoms with van der Waals surface area (Å²) in [5, 5.41) is 12.4. The predicted molar refractivity (Wildman–Crippen MR) is 119 cm³/mol. The fourth-order valence-corrected chi connectivity index (χ4v) is 4.14. The second-order valence-electron chi connectivity index (χ2n) is 8.57. The highest BCUT2D eigenvalue weighted by Gasteiger charge is 2.26. The van der Waals surface area contributed by atoms with Crippen LogP contribution in [-0.4, -0.2) is 35.0 Å². The van der Waals surface area contributed by atoms with E-state index in [1.807, 2.05) is 26.8 Å². The minimum atomic E-state index is -0.0966. The van der Waals surface area contributed by atoms with Crippen molar-refractivity contribution < 1.29 is 4.79 Å². The first kappa shape index (κ1) is 21.8. The number of amides is 1. The summed E-state index contributed by atoms with van der Waals surface area (Å²) in [4.78, 5) is 23.5. The van der Waals surface area contributed by atoms with Crippen molar-refractivity contribution in [2.45, 2.75) is 71.4 Å². The summed E-state index contributed by atoms with van der Waals surface area (Å²) >= 11 is 0. The molecule has 30 heavy (non-hydrogen) atoms. The molecule has 2 aromatic rings. The molecule has 1 aromatic heterocycles. The zero-order valence-electron chi connectivity index (χ0n) is 18.6. The van der Waals surface area contributed by atoms with Gasteiger partial charge in [0.05, 0.1) is 17.2 Å². The van der Waals surface area contributed by atoms with Crippen molar-refractivity contribution in [3.63, 3.8) is 0 Å². The molecule has 0 bridgehead atoms. The standard InChI is InChI=1S/C24H31N5O/c1-15(2)23-26-13-19(14-27-23)24(30)28-20-7-9-21(10-8-20)29(5)22-11-6-18(12-25)16(3)17(22)4/h6,11,13-15,20-21H,7-10H2,1-5H3,(H,28,30). The van der Waals surface area contributed by atoms with Gasteiger partial charge < -0.3 is 10.2 Å². The Morgan fingerprint density at radius 1 is 1.13 bits per heavy atom.